The second-order valence-electron chi connectivity index (χ2n) is 3.35. The zero-order valence-corrected chi connectivity index (χ0v) is 8.85. The second-order valence-corrected chi connectivity index (χ2v) is 3.35. The quantitative estimate of drug-likeness (QED) is 0.628. The molecule has 5 heteroatoms. The highest BCUT2D eigenvalue weighted by atomic mass is 19.1. The molecule has 0 saturated carbocycles. The molecular formula is C12H10FN3O. The first kappa shape index (κ1) is 11.1. The van der Waals surface area contributed by atoms with Crippen LogP contribution < -0.4 is 10.5 Å². The number of halogens is 1. The maximum Gasteiger partial charge on any atom is 0.166 e. The smallest absolute Gasteiger partial charge is 0.166 e. The van der Waals surface area contributed by atoms with Crippen LogP contribution in [0.15, 0.2) is 42.7 Å². The molecule has 0 fully saturated rings. The molecule has 0 atom stereocenters. The summed E-state index contributed by atoms with van der Waals surface area (Å²) in [5.74, 6) is -0.233. The van der Waals surface area contributed by atoms with Crippen molar-refractivity contribution in [2.45, 2.75) is 0 Å². The van der Waals surface area contributed by atoms with E-state index in [0.29, 0.717) is 11.3 Å². The lowest BCUT2D eigenvalue weighted by atomic mass is 10.2. The maximum absolute atomic E-state index is 13.6. The Balaban J connectivity index is 2.26. The minimum atomic E-state index is -0.568. The summed E-state index contributed by atoms with van der Waals surface area (Å²) in [5, 5.41) is 7.18. The third kappa shape index (κ3) is 2.57. The number of nitrogen functional groups attached to an aromatic ring is 1. The van der Waals surface area contributed by atoms with Crippen molar-refractivity contribution in [3.63, 3.8) is 0 Å². The molecule has 1 heterocycles. The number of rotatable bonds is 3. The zero-order chi connectivity index (χ0) is 12.3. The molecule has 0 spiro atoms. The first-order valence-corrected chi connectivity index (χ1v) is 4.88. The summed E-state index contributed by atoms with van der Waals surface area (Å²) in [4.78, 5) is 3.85. The number of nitrogens with one attached hydrogen (secondary N) is 1. The fraction of sp³-hybridized carbons (Fsp3) is 0. The van der Waals surface area contributed by atoms with E-state index in [9.17, 15) is 4.39 Å². The monoisotopic (exact) mass is 231 g/mol. The summed E-state index contributed by atoms with van der Waals surface area (Å²) in [6.07, 6.45) is 3.08. The van der Waals surface area contributed by atoms with E-state index in [1.807, 2.05) is 0 Å². The highest BCUT2D eigenvalue weighted by Gasteiger charge is 2.07. The minimum Gasteiger partial charge on any atom is -0.453 e. The normalized spacial score (nSPS) is 9.94. The van der Waals surface area contributed by atoms with Crippen molar-refractivity contribution in [2.75, 3.05) is 0 Å². The van der Waals surface area contributed by atoms with Gasteiger partial charge in [-0.25, -0.2) is 4.39 Å². The van der Waals surface area contributed by atoms with E-state index in [4.69, 9.17) is 15.9 Å². The zero-order valence-electron chi connectivity index (χ0n) is 8.85. The number of amidine groups is 1. The third-order valence-electron chi connectivity index (χ3n) is 2.11. The number of ether oxygens (including phenoxy) is 1. The van der Waals surface area contributed by atoms with E-state index in [2.05, 4.69) is 4.98 Å². The van der Waals surface area contributed by atoms with Crippen LogP contribution in [0.3, 0.4) is 0 Å². The Bertz CT molecular complexity index is 543. The summed E-state index contributed by atoms with van der Waals surface area (Å²) in [5.41, 5.74) is 5.57. The van der Waals surface area contributed by atoms with E-state index in [1.54, 1.807) is 18.3 Å². The summed E-state index contributed by atoms with van der Waals surface area (Å²) in [6.45, 7) is 0. The number of benzene rings is 1. The van der Waals surface area contributed by atoms with Crippen LogP contribution in [0.25, 0.3) is 0 Å². The van der Waals surface area contributed by atoms with Gasteiger partial charge in [-0.15, -0.1) is 0 Å². The van der Waals surface area contributed by atoms with Gasteiger partial charge >= 0.3 is 0 Å². The lowest BCUT2D eigenvalue weighted by molar-refractivity contribution is 0.440. The predicted molar refractivity (Wildman–Crippen MR) is 61.7 cm³/mol. The standard InChI is InChI=1S/C12H10FN3O/c13-10-6-8(12(14)15)3-4-11(10)17-9-2-1-5-16-7-9/h1-7H,(H3,14,15). The summed E-state index contributed by atoms with van der Waals surface area (Å²) < 4.78 is 18.9. The van der Waals surface area contributed by atoms with Gasteiger partial charge in [0.05, 0.1) is 6.20 Å². The Labute approximate surface area is 97.4 Å². The van der Waals surface area contributed by atoms with Crippen molar-refractivity contribution in [1.82, 2.24) is 4.98 Å². The van der Waals surface area contributed by atoms with Crippen LogP contribution in [-0.2, 0) is 0 Å². The molecule has 1 aromatic carbocycles. The molecular weight excluding hydrogens is 221 g/mol. The molecule has 4 nitrogen and oxygen atoms in total. The van der Waals surface area contributed by atoms with Gasteiger partial charge in [0.15, 0.2) is 11.6 Å². The first-order chi connectivity index (χ1) is 8.16. The Morgan fingerprint density at radius 2 is 2.18 bits per heavy atom. The van der Waals surface area contributed by atoms with E-state index < -0.39 is 5.82 Å². The molecule has 0 saturated heterocycles. The lowest BCUT2D eigenvalue weighted by Gasteiger charge is -2.07. The van der Waals surface area contributed by atoms with Gasteiger partial charge in [-0.2, -0.15) is 0 Å². The first-order valence-electron chi connectivity index (χ1n) is 4.88. The highest BCUT2D eigenvalue weighted by molar-refractivity contribution is 5.95. The molecule has 3 N–H and O–H groups in total. The molecule has 17 heavy (non-hydrogen) atoms. The van der Waals surface area contributed by atoms with Crippen LogP contribution >= 0.6 is 0 Å². The molecule has 86 valence electrons. The van der Waals surface area contributed by atoms with Gasteiger partial charge in [0, 0.05) is 11.8 Å². The van der Waals surface area contributed by atoms with Gasteiger partial charge in [-0.05, 0) is 30.3 Å². The molecule has 0 amide bonds. The number of aromatic nitrogens is 1. The molecule has 2 aromatic rings. The third-order valence-corrected chi connectivity index (χ3v) is 2.11. The average molecular weight is 231 g/mol. The molecule has 1 aromatic heterocycles. The van der Waals surface area contributed by atoms with Crippen LogP contribution in [0, 0.1) is 11.2 Å². The topological polar surface area (TPSA) is 72.0 Å². The summed E-state index contributed by atoms with van der Waals surface area (Å²) in [7, 11) is 0. The van der Waals surface area contributed by atoms with Crippen molar-refractivity contribution in [1.29, 1.82) is 5.41 Å². The largest absolute Gasteiger partial charge is 0.453 e. The fourth-order valence-electron chi connectivity index (χ4n) is 1.29. The predicted octanol–water partition coefficient (Wildman–Crippen LogP) is 2.30. The van der Waals surface area contributed by atoms with Crippen LogP contribution in [-0.4, -0.2) is 10.8 Å². The molecule has 0 aliphatic carbocycles. The molecule has 2 rings (SSSR count). The number of pyridine rings is 1. The van der Waals surface area contributed by atoms with Gasteiger partial charge in [0.2, 0.25) is 0 Å². The number of nitrogens with two attached hydrogens (primary N) is 1. The maximum atomic E-state index is 13.6. The Hall–Kier alpha value is -2.43. The average Bonchev–Trinajstić information content (AvgIpc) is 2.33. The van der Waals surface area contributed by atoms with E-state index >= 15 is 0 Å². The highest BCUT2D eigenvalue weighted by Crippen LogP contribution is 2.24. The summed E-state index contributed by atoms with van der Waals surface area (Å²) in [6, 6.07) is 7.48. The van der Waals surface area contributed by atoms with Crippen molar-refractivity contribution < 1.29 is 9.13 Å². The fourth-order valence-corrected chi connectivity index (χ4v) is 1.29. The van der Waals surface area contributed by atoms with Gasteiger partial charge in [0.25, 0.3) is 0 Å². The van der Waals surface area contributed by atoms with Gasteiger partial charge in [-0.3, -0.25) is 10.4 Å². The van der Waals surface area contributed by atoms with E-state index in [1.165, 1.54) is 18.3 Å². The van der Waals surface area contributed by atoms with Crippen molar-refractivity contribution in [3.8, 4) is 11.5 Å². The Morgan fingerprint density at radius 1 is 1.35 bits per heavy atom. The molecule has 0 aliphatic heterocycles. The molecule has 0 radical (unpaired) electrons. The molecule has 0 aliphatic rings. The van der Waals surface area contributed by atoms with Crippen molar-refractivity contribution >= 4 is 5.84 Å². The van der Waals surface area contributed by atoms with Crippen LogP contribution in [0.5, 0.6) is 11.5 Å². The van der Waals surface area contributed by atoms with Gasteiger partial charge < -0.3 is 10.5 Å². The second kappa shape index (κ2) is 4.61. The van der Waals surface area contributed by atoms with Crippen molar-refractivity contribution in [3.05, 3.63) is 54.1 Å². The number of hydrogen-bond donors (Lipinski definition) is 2. The van der Waals surface area contributed by atoms with E-state index in [0.717, 1.165) is 6.07 Å². The van der Waals surface area contributed by atoms with Crippen LogP contribution in [0.4, 0.5) is 4.39 Å². The summed E-state index contributed by atoms with van der Waals surface area (Å²) >= 11 is 0. The Kier molecular flexibility index (Phi) is 3.00. The number of nitrogens with zero attached hydrogens (tertiary/aromatic N) is 1. The minimum absolute atomic E-state index is 0.0722. The van der Waals surface area contributed by atoms with Gasteiger partial charge in [-0.1, -0.05) is 0 Å². The van der Waals surface area contributed by atoms with Crippen LogP contribution in [0.2, 0.25) is 0 Å². The van der Waals surface area contributed by atoms with Crippen molar-refractivity contribution in [2.24, 2.45) is 5.73 Å². The van der Waals surface area contributed by atoms with Crippen LogP contribution in [0.1, 0.15) is 5.56 Å². The van der Waals surface area contributed by atoms with Gasteiger partial charge in [0.1, 0.15) is 11.6 Å². The lowest BCUT2D eigenvalue weighted by Crippen LogP contribution is -2.11. The van der Waals surface area contributed by atoms with E-state index in [-0.39, 0.29) is 11.6 Å². The SMILES string of the molecule is N=C(N)c1ccc(Oc2cccnc2)c(F)c1. The Morgan fingerprint density at radius 3 is 2.76 bits per heavy atom. The molecule has 0 bridgehead atoms. The number of hydrogen-bond acceptors (Lipinski definition) is 3. The molecule has 0 unspecified atom stereocenters.